The molecule has 0 spiro atoms. The molecule has 1 aromatic carbocycles. The minimum Gasteiger partial charge on any atom is -0.326 e. The van der Waals surface area contributed by atoms with Gasteiger partial charge in [-0.05, 0) is 50.2 Å². The predicted octanol–water partition coefficient (Wildman–Crippen LogP) is 1.54. The third-order valence-corrected chi connectivity index (χ3v) is 4.75. The van der Waals surface area contributed by atoms with Crippen molar-refractivity contribution in [3.05, 3.63) is 24.3 Å². The zero-order chi connectivity index (χ0) is 16.0. The lowest BCUT2D eigenvalue weighted by molar-refractivity contribution is -0.116. The standard InChI is InChI=1S/C15H23N3O3S/c16-22(20,21)14-7-5-13(6-8-14)17-15(19)9-12-18-10-3-1-2-4-11-18/h5-8H,1-4,9-12H2,(H,17,19)(H2,16,20,21). The third-order valence-electron chi connectivity index (χ3n) is 3.82. The molecule has 1 fully saturated rings. The second-order valence-electron chi connectivity index (χ2n) is 5.62. The topological polar surface area (TPSA) is 92.5 Å². The Morgan fingerprint density at radius 2 is 1.68 bits per heavy atom. The molecule has 2 rings (SSSR count). The largest absolute Gasteiger partial charge is 0.326 e. The molecule has 1 amide bonds. The maximum absolute atomic E-state index is 11.9. The van der Waals surface area contributed by atoms with Crippen LogP contribution in [0.5, 0.6) is 0 Å². The molecule has 0 aliphatic carbocycles. The minimum atomic E-state index is -3.70. The molecule has 122 valence electrons. The summed E-state index contributed by atoms with van der Waals surface area (Å²) < 4.78 is 22.3. The fourth-order valence-corrected chi connectivity index (χ4v) is 3.09. The summed E-state index contributed by atoms with van der Waals surface area (Å²) in [6.45, 7) is 2.90. The van der Waals surface area contributed by atoms with Crippen LogP contribution < -0.4 is 10.5 Å². The molecule has 1 heterocycles. The van der Waals surface area contributed by atoms with Gasteiger partial charge in [0.25, 0.3) is 0 Å². The number of carbonyl (C=O) groups is 1. The van der Waals surface area contributed by atoms with Crippen molar-refractivity contribution in [3.63, 3.8) is 0 Å². The molecule has 22 heavy (non-hydrogen) atoms. The highest BCUT2D eigenvalue weighted by Gasteiger charge is 2.11. The Labute approximate surface area is 131 Å². The fourth-order valence-electron chi connectivity index (χ4n) is 2.57. The first-order chi connectivity index (χ1) is 10.4. The normalized spacial score (nSPS) is 17.0. The van der Waals surface area contributed by atoms with Crippen molar-refractivity contribution in [2.45, 2.75) is 37.0 Å². The number of hydrogen-bond donors (Lipinski definition) is 2. The average Bonchev–Trinajstić information content (AvgIpc) is 2.73. The van der Waals surface area contributed by atoms with Gasteiger partial charge in [-0.1, -0.05) is 12.8 Å². The fraction of sp³-hybridized carbons (Fsp3) is 0.533. The summed E-state index contributed by atoms with van der Waals surface area (Å²) in [5.74, 6) is -0.0624. The van der Waals surface area contributed by atoms with Crippen LogP contribution in [0.15, 0.2) is 29.2 Å². The monoisotopic (exact) mass is 325 g/mol. The highest BCUT2D eigenvalue weighted by atomic mass is 32.2. The molecule has 0 saturated carbocycles. The summed E-state index contributed by atoms with van der Waals surface area (Å²) in [4.78, 5) is 14.3. The Bertz CT molecular complexity index is 591. The summed E-state index contributed by atoms with van der Waals surface area (Å²) in [5, 5.41) is 7.81. The number of amides is 1. The van der Waals surface area contributed by atoms with Crippen molar-refractivity contribution in [2.24, 2.45) is 5.14 Å². The van der Waals surface area contributed by atoms with Crippen LogP contribution in [0.2, 0.25) is 0 Å². The number of rotatable bonds is 5. The maximum Gasteiger partial charge on any atom is 0.238 e. The number of anilines is 1. The number of nitrogens with two attached hydrogens (primary N) is 1. The molecule has 1 saturated heterocycles. The number of hydrogen-bond acceptors (Lipinski definition) is 4. The molecule has 0 radical (unpaired) electrons. The Morgan fingerprint density at radius 1 is 1.09 bits per heavy atom. The van der Waals surface area contributed by atoms with Crippen LogP contribution in [0.25, 0.3) is 0 Å². The predicted molar refractivity (Wildman–Crippen MR) is 86.0 cm³/mol. The smallest absolute Gasteiger partial charge is 0.238 e. The quantitative estimate of drug-likeness (QED) is 0.859. The molecule has 0 aromatic heterocycles. The molecule has 7 heteroatoms. The molecule has 1 aliphatic rings. The summed E-state index contributed by atoms with van der Waals surface area (Å²) in [6.07, 6.45) is 5.41. The lowest BCUT2D eigenvalue weighted by Gasteiger charge is -2.19. The Hall–Kier alpha value is -1.44. The van der Waals surface area contributed by atoms with E-state index in [0.29, 0.717) is 12.1 Å². The van der Waals surface area contributed by atoms with Gasteiger partial charge >= 0.3 is 0 Å². The van der Waals surface area contributed by atoms with E-state index in [1.165, 1.54) is 37.8 Å². The van der Waals surface area contributed by atoms with Crippen molar-refractivity contribution in [1.82, 2.24) is 4.90 Å². The lowest BCUT2D eigenvalue weighted by Crippen LogP contribution is -2.28. The van der Waals surface area contributed by atoms with Gasteiger partial charge in [0.2, 0.25) is 15.9 Å². The van der Waals surface area contributed by atoms with Crippen LogP contribution in [0.3, 0.4) is 0 Å². The molecule has 0 unspecified atom stereocenters. The summed E-state index contributed by atoms with van der Waals surface area (Å²) in [6, 6.07) is 5.87. The Balaban J connectivity index is 1.81. The second-order valence-corrected chi connectivity index (χ2v) is 7.18. The molecule has 1 aliphatic heterocycles. The van der Waals surface area contributed by atoms with Gasteiger partial charge in [0.1, 0.15) is 0 Å². The number of sulfonamides is 1. The van der Waals surface area contributed by atoms with E-state index >= 15 is 0 Å². The van der Waals surface area contributed by atoms with Crippen molar-refractivity contribution in [1.29, 1.82) is 0 Å². The molecule has 0 bridgehead atoms. The zero-order valence-corrected chi connectivity index (χ0v) is 13.4. The third kappa shape index (κ3) is 5.40. The van der Waals surface area contributed by atoms with Gasteiger partial charge < -0.3 is 10.2 Å². The van der Waals surface area contributed by atoms with E-state index in [1.54, 1.807) is 12.1 Å². The van der Waals surface area contributed by atoms with E-state index in [-0.39, 0.29) is 10.8 Å². The number of likely N-dealkylation sites (tertiary alicyclic amines) is 1. The van der Waals surface area contributed by atoms with Crippen LogP contribution >= 0.6 is 0 Å². The zero-order valence-electron chi connectivity index (χ0n) is 12.6. The minimum absolute atomic E-state index is 0.0371. The molecule has 6 nitrogen and oxygen atoms in total. The van der Waals surface area contributed by atoms with Crippen molar-refractivity contribution < 1.29 is 13.2 Å². The summed E-state index contributed by atoms with van der Waals surface area (Å²) in [7, 11) is -3.70. The highest BCUT2D eigenvalue weighted by molar-refractivity contribution is 7.89. The summed E-state index contributed by atoms with van der Waals surface area (Å²) in [5.41, 5.74) is 0.577. The van der Waals surface area contributed by atoms with Crippen LogP contribution in [0.4, 0.5) is 5.69 Å². The van der Waals surface area contributed by atoms with Gasteiger partial charge in [0.05, 0.1) is 4.90 Å². The number of nitrogens with one attached hydrogen (secondary N) is 1. The first-order valence-corrected chi connectivity index (χ1v) is 9.15. The SMILES string of the molecule is NS(=O)(=O)c1ccc(NC(=O)CCN2CCCCCC2)cc1. The van der Waals surface area contributed by atoms with Crippen LogP contribution in [-0.4, -0.2) is 38.9 Å². The molecule has 1 aromatic rings. The Kier molecular flexibility index (Phi) is 5.93. The van der Waals surface area contributed by atoms with Crippen LogP contribution in [-0.2, 0) is 14.8 Å². The van der Waals surface area contributed by atoms with Gasteiger partial charge in [-0.25, -0.2) is 13.6 Å². The first-order valence-electron chi connectivity index (χ1n) is 7.60. The van der Waals surface area contributed by atoms with Gasteiger partial charge in [0.15, 0.2) is 0 Å². The molecule has 3 N–H and O–H groups in total. The summed E-state index contributed by atoms with van der Waals surface area (Å²) >= 11 is 0. The molecular formula is C15H23N3O3S. The highest BCUT2D eigenvalue weighted by Crippen LogP contribution is 2.13. The second kappa shape index (κ2) is 7.71. The lowest BCUT2D eigenvalue weighted by atomic mass is 10.2. The Morgan fingerprint density at radius 3 is 2.23 bits per heavy atom. The van der Waals surface area contributed by atoms with E-state index < -0.39 is 10.0 Å². The van der Waals surface area contributed by atoms with E-state index in [9.17, 15) is 13.2 Å². The molecular weight excluding hydrogens is 302 g/mol. The van der Waals surface area contributed by atoms with E-state index in [1.807, 2.05) is 0 Å². The van der Waals surface area contributed by atoms with E-state index in [2.05, 4.69) is 10.2 Å². The van der Waals surface area contributed by atoms with Gasteiger partial charge in [-0.2, -0.15) is 0 Å². The first kappa shape index (κ1) is 16.9. The number of carbonyl (C=O) groups excluding carboxylic acids is 1. The number of primary sulfonamides is 1. The number of nitrogens with zero attached hydrogens (tertiary/aromatic N) is 1. The van der Waals surface area contributed by atoms with E-state index in [4.69, 9.17) is 5.14 Å². The van der Waals surface area contributed by atoms with Crippen molar-refractivity contribution >= 4 is 21.6 Å². The van der Waals surface area contributed by atoms with Crippen LogP contribution in [0, 0.1) is 0 Å². The van der Waals surface area contributed by atoms with Gasteiger partial charge in [0, 0.05) is 18.7 Å². The van der Waals surface area contributed by atoms with Gasteiger partial charge in [-0.15, -0.1) is 0 Å². The van der Waals surface area contributed by atoms with Crippen molar-refractivity contribution in [2.75, 3.05) is 25.0 Å². The van der Waals surface area contributed by atoms with Gasteiger partial charge in [-0.3, -0.25) is 4.79 Å². The van der Waals surface area contributed by atoms with E-state index in [0.717, 1.165) is 19.6 Å². The van der Waals surface area contributed by atoms with Crippen molar-refractivity contribution in [3.8, 4) is 0 Å². The maximum atomic E-state index is 11.9. The molecule has 0 atom stereocenters. The number of benzene rings is 1. The average molecular weight is 325 g/mol. The van der Waals surface area contributed by atoms with Crippen LogP contribution in [0.1, 0.15) is 32.1 Å².